The van der Waals surface area contributed by atoms with E-state index < -0.39 is 0 Å². The maximum atomic E-state index is 5.67. The van der Waals surface area contributed by atoms with Gasteiger partial charge in [0, 0.05) is 13.1 Å². The van der Waals surface area contributed by atoms with E-state index in [0.717, 1.165) is 26.1 Å². The maximum absolute atomic E-state index is 5.67. The van der Waals surface area contributed by atoms with Crippen molar-refractivity contribution < 1.29 is 4.74 Å². The molecule has 0 radical (unpaired) electrons. The van der Waals surface area contributed by atoms with Crippen LogP contribution in [0, 0.1) is 0 Å². The highest BCUT2D eigenvalue weighted by atomic mass is 16.5. The molecule has 1 heterocycles. The van der Waals surface area contributed by atoms with Crippen molar-refractivity contribution in [3.63, 3.8) is 0 Å². The second kappa shape index (κ2) is 4.58. The summed E-state index contributed by atoms with van der Waals surface area (Å²) in [4.78, 5) is 0. The van der Waals surface area contributed by atoms with E-state index in [1.165, 1.54) is 11.1 Å². The van der Waals surface area contributed by atoms with Gasteiger partial charge in [-0.05, 0) is 17.5 Å². The molecule has 1 N–H and O–H groups in total. The van der Waals surface area contributed by atoms with E-state index >= 15 is 0 Å². The summed E-state index contributed by atoms with van der Waals surface area (Å²) in [6.07, 6.45) is 1.35. The Bertz CT molecular complexity index is 275. The van der Waals surface area contributed by atoms with E-state index in [-0.39, 0.29) is 6.10 Å². The zero-order valence-corrected chi connectivity index (χ0v) is 8.62. The van der Waals surface area contributed by atoms with Gasteiger partial charge in [-0.1, -0.05) is 31.2 Å². The molecule has 2 heteroatoms. The first kappa shape index (κ1) is 9.69. The van der Waals surface area contributed by atoms with E-state index in [1.807, 2.05) is 0 Å². The van der Waals surface area contributed by atoms with Crippen LogP contribution in [0.15, 0.2) is 24.3 Å². The predicted octanol–water partition coefficient (Wildman–Crippen LogP) is 1.91. The molecule has 0 amide bonds. The van der Waals surface area contributed by atoms with Gasteiger partial charge >= 0.3 is 0 Å². The third kappa shape index (κ3) is 2.14. The molecule has 0 saturated carbocycles. The normalized spacial score (nSPS) is 22.2. The SMILES string of the molecule is CCc1ccc([C@H]2CNCCO2)cc1. The third-order valence-electron chi connectivity index (χ3n) is 2.69. The molecule has 1 fully saturated rings. The highest BCUT2D eigenvalue weighted by molar-refractivity contribution is 5.24. The average Bonchev–Trinajstić information content (AvgIpc) is 2.30. The molecule has 0 spiro atoms. The highest BCUT2D eigenvalue weighted by Crippen LogP contribution is 2.19. The second-order valence-corrected chi connectivity index (χ2v) is 3.66. The molecule has 1 atom stereocenters. The molecule has 2 rings (SSSR count). The van der Waals surface area contributed by atoms with Gasteiger partial charge in [0.05, 0.1) is 12.7 Å². The van der Waals surface area contributed by atoms with Crippen molar-refractivity contribution in [2.75, 3.05) is 19.7 Å². The van der Waals surface area contributed by atoms with Gasteiger partial charge < -0.3 is 10.1 Å². The Morgan fingerprint density at radius 2 is 2.14 bits per heavy atom. The Morgan fingerprint density at radius 1 is 1.36 bits per heavy atom. The summed E-state index contributed by atoms with van der Waals surface area (Å²) < 4.78 is 5.67. The zero-order valence-electron chi connectivity index (χ0n) is 8.62. The zero-order chi connectivity index (χ0) is 9.80. The van der Waals surface area contributed by atoms with Crippen molar-refractivity contribution in [2.45, 2.75) is 19.4 Å². The lowest BCUT2D eigenvalue weighted by atomic mass is 10.1. The molecule has 2 nitrogen and oxygen atoms in total. The fourth-order valence-electron chi connectivity index (χ4n) is 1.75. The van der Waals surface area contributed by atoms with E-state index in [4.69, 9.17) is 4.74 Å². The van der Waals surface area contributed by atoms with Crippen molar-refractivity contribution >= 4 is 0 Å². The Kier molecular flexibility index (Phi) is 3.17. The van der Waals surface area contributed by atoms with Crippen LogP contribution < -0.4 is 5.32 Å². The van der Waals surface area contributed by atoms with Gasteiger partial charge in [-0.15, -0.1) is 0 Å². The molecule has 0 aliphatic carbocycles. The van der Waals surface area contributed by atoms with E-state index in [2.05, 4.69) is 36.5 Å². The van der Waals surface area contributed by atoms with Gasteiger partial charge in [0.25, 0.3) is 0 Å². The number of benzene rings is 1. The summed E-state index contributed by atoms with van der Waals surface area (Å²) in [6.45, 7) is 4.91. The fraction of sp³-hybridized carbons (Fsp3) is 0.500. The smallest absolute Gasteiger partial charge is 0.0949 e. The van der Waals surface area contributed by atoms with Crippen LogP contribution >= 0.6 is 0 Å². The third-order valence-corrected chi connectivity index (χ3v) is 2.69. The lowest BCUT2D eigenvalue weighted by molar-refractivity contribution is 0.0277. The number of ether oxygens (including phenoxy) is 1. The minimum absolute atomic E-state index is 0.245. The van der Waals surface area contributed by atoms with Crippen LogP contribution in [0.3, 0.4) is 0 Å². The summed E-state index contributed by atoms with van der Waals surface area (Å²) in [5, 5.41) is 3.34. The molecule has 0 bridgehead atoms. The summed E-state index contributed by atoms with van der Waals surface area (Å²) in [5.41, 5.74) is 2.67. The van der Waals surface area contributed by atoms with Gasteiger partial charge in [0.2, 0.25) is 0 Å². The monoisotopic (exact) mass is 191 g/mol. The van der Waals surface area contributed by atoms with E-state index in [0.29, 0.717) is 0 Å². The molecule has 1 saturated heterocycles. The number of rotatable bonds is 2. The Balaban J connectivity index is 2.07. The first-order chi connectivity index (χ1) is 6.90. The highest BCUT2D eigenvalue weighted by Gasteiger charge is 2.14. The molecule has 1 aliphatic rings. The van der Waals surface area contributed by atoms with Gasteiger partial charge in [0.1, 0.15) is 0 Å². The van der Waals surface area contributed by atoms with Crippen LogP contribution in [-0.4, -0.2) is 19.7 Å². The summed E-state index contributed by atoms with van der Waals surface area (Å²) >= 11 is 0. The van der Waals surface area contributed by atoms with Gasteiger partial charge in [0.15, 0.2) is 0 Å². The van der Waals surface area contributed by atoms with Crippen molar-refractivity contribution in [3.05, 3.63) is 35.4 Å². The topological polar surface area (TPSA) is 21.3 Å². The molecule has 1 aromatic rings. The summed E-state index contributed by atoms with van der Waals surface area (Å²) in [5.74, 6) is 0. The number of aryl methyl sites for hydroxylation is 1. The van der Waals surface area contributed by atoms with Gasteiger partial charge in [-0.25, -0.2) is 0 Å². The molecule has 1 aliphatic heterocycles. The van der Waals surface area contributed by atoms with Crippen molar-refractivity contribution in [1.29, 1.82) is 0 Å². The van der Waals surface area contributed by atoms with Gasteiger partial charge in [-0.3, -0.25) is 0 Å². The molecule has 76 valence electrons. The fourth-order valence-corrected chi connectivity index (χ4v) is 1.75. The van der Waals surface area contributed by atoms with Crippen molar-refractivity contribution in [1.82, 2.24) is 5.32 Å². The van der Waals surface area contributed by atoms with Crippen LogP contribution in [0.4, 0.5) is 0 Å². The van der Waals surface area contributed by atoms with Crippen LogP contribution in [0.1, 0.15) is 24.2 Å². The quantitative estimate of drug-likeness (QED) is 0.771. The van der Waals surface area contributed by atoms with Crippen LogP contribution in [-0.2, 0) is 11.2 Å². The predicted molar refractivity (Wildman–Crippen MR) is 57.4 cm³/mol. The molecule has 0 aromatic heterocycles. The minimum Gasteiger partial charge on any atom is -0.371 e. The Morgan fingerprint density at radius 3 is 2.71 bits per heavy atom. The molecule has 14 heavy (non-hydrogen) atoms. The summed E-state index contributed by atoms with van der Waals surface area (Å²) in [6, 6.07) is 8.73. The van der Waals surface area contributed by atoms with Crippen LogP contribution in [0.25, 0.3) is 0 Å². The standard InChI is InChI=1S/C12H17NO/c1-2-10-3-5-11(6-4-10)12-9-13-7-8-14-12/h3-6,12-13H,2,7-9H2,1H3/t12-/m1/s1. The first-order valence-electron chi connectivity index (χ1n) is 5.31. The second-order valence-electron chi connectivity index (χ2n) is 3.66. The number of hydrogen-bond donors (Lipinski definition) is 1. The molecular weight excluding hydrogens is 174 g/mol. The minimum atomic E-state index is 0.245. The number of hydrogen-bond acceptors (Lipinski definition) is 2. The number of nitrogens with one attached hydrogen (secondary N) is 1. The van der Waals surface area contributed by atoms with Gasteiger partial charge in [-0.2, -0.15) is 0 Å². The number of morpholine rings is 1. The lowest BCUT2D eigenvalue weighted by Gasteiger charge is -2.24. The van der Waals surface area contributed by atoms with Crippen molar-refractivity contribution in [3.8, 4) is 0 Å². The lowest BCUT2D eigenvalue weighted by Crippen LogP contribution is -2.33. The van der Waals surface area contributed by atoms with E-state index in [1.54, 1.807) is 0 Å². The first-order valence-corrected chi connectivity index (χ1v) is 5.31. The summed E-state index contributed by atoms with van der Waals surface area (Å²) in [7, 11) is 0. The molecule has 0 unspecified atom stereocenters. The Labute approximate surface area is 85.3 Å². The average molecular weight is 191 g/mol. The van der Waals surface area contributed by atoms with E-state index in [9.17, 15) is 0 Å². The molecular formula is C12H17NO. The largest absolute Gasteiger partial charge is 0.371 e. The van der Waals surface area contributed by atoms with Crippen LogP contribution in [0.5, 0.6) is 0 Å². The van der Waals surface area contributed by atoms with Crippen LogP contribution in [0.2, 0.25) is 0 Å². The Hall–Kier alpha value is -0.860. The maximum Gasteiger partial charge on any atom is 0.0949 e. The van der Waals surface area contributed by atoms with Crippen molar-refractivity contribution in [2.24, 2.45) is 0 Å². The molecule has 1 aromatic carbocycles.